The van der Waals surface area contributed by atoms with E-state index in [1.54, 1.807) is 0 Å². The molecule has 0 aromatic heterocycles. The Bertz CT molecular complexity index is 632. The number of amides is 1. The highest BCUT2D eigenvalue weighted by molar-refractivity contribution is 6.30. The van der Waals surface area contributed by atoms with Gasteiger partial charge in [-0.2, -0.15) is 0 Å². The van der Waals surface area contributed by atoms with Gasteiger partial charge in [-0.25, -0.2) is 0 Å². The SMILES string of the molecule is O=C(NCCc1ccccc1)C1(c2ccc(Cl)cc2)CCC1. The van der Waals surface area contributed by atoms with Crippen LogP contribution in [0.15, 0.2) is 54.6 Å². The largest absolute Gasteiger partial charge is 0.355 e. The molecule has 2 aromatic rings. The Kier molecular flexibility index (Phi) is 4.49. The number of rotatable bonds is 5. The summed E-state index contributed by atoms with van der Waals surface area (Å²) < 4.78 is 0. The van der Waals surface area contributed by atoms with Gasteiger partial charge in [0.15, 0.2) is 0 Å². The molecule has 1 aliphatic carbocycles. The van der Waals surface area contributed by atoms with E-state index in [1.165, 1.54) is 5.56 Å². The summed E-state index contributed by atoms with van der Waals surface area (Å²) in [6.45, 7) is 0.679. The third-order valence-corrected chi connectivity index (χ3v) is 4.83. The molecule has 1 N–H and O–H groups in total. The standard InChI is InChI=1S/C19H20ClNO/c20-17-9-7-16(8-10-17)19(12-4-13-19)18(22)21-14-11-15-5-2-1-3-6-15/h1-3,5-10H,4,11-14H2,(H,21,22). The summed E-state index contributed by atoms with van der Waals surface area (Å²) >= 11 is 5.95. The topological polar surface area (TPSA) is 29.1 Å². The molecule has 0 radical (unpaired) electrons. The van der Waals surface area contributed by atoms with Gasteiger partial charge in [0.1, 0.15) is 0 Å². The maximum Gasteiger partial charge on any atom is 0.230 e. The van der Waals surface area contributed by atoms with Gasteiger partial charge in [-0.3, -0.25) is 4.79 Å². The normalized spacial score (nSPS) is 15.9. The van der Waals surface area contributed by atoms with E-state index >= 15 is 0 Å². The monoisotopic (exact) mass is 313 g/mol. The molecule has 114 valence electrons. The maximum atomic E-state index is 12.7. The van der Waals surface area contributed by atoms with Crippen molar-refractivity contribution < 1.29 is 4.79 Å². The predicted octanol–water partition coefficient (Wildman–Crippen LogP) is 4.12. The van der Waals surface area contributed by atoms with E-state index in [0.717, 1.165) is 31.2 Å². The first-order chi connectivity index (χ1) is 10.7. The third kappa shape index (κ3) is 3.02. The lowest BCUT2D eigenvalue weighted by molar-refractivity contribution is -0.129. The van der Waals surface area contributed by atoms with Gasteiger partial charge in [-0.1, -0.05) is 60.5 Å². The molecular formula is C19H20ClNO. The van der Waals surface area contributed by atoms with Gasteiger partial charge in [-0.05, 0) is 42.5 Å². The Hall–Kier alpha value is -1.80. The van der Waals surface area contributed by atoms with Crippen LogP contribution in [-0.4, -0.2) is 12.5 Å². The van der Waals surface area contributed by atoms with Crippen LogP contribution in [0.4, 0.5) is 0 Å². The van der Waals surface area contributed by atoms with Crippen LogP contribution in [0.5, 0.6) is 0 Å². The minimum Gasteiger partial charge on any atom is -0.355 e. The van der Waals surface area contributed by atoms with E-state index in [2.05, 4.69) is 17.4 Å². The first kappa shape index (κ1) is 15.1. The molecule has 3 rings (SSSR count). The van der Waals surface area contributed by atoms with Crippen molar-refractivity contribution in [2.24, 2.45) is 0 Å². The van der Waals surface area contributed by atoms with Gasteiger partial charge >= 0.3 is 0 Å². The highest BCUT2D eigenvalue weighted by Gasteiger charge is 2.45. The van der Waals surface area contributed by atoms with Crippen LogP contribution in [-0.2, 0) is 16.6 Å². The average Bonchev–Trinajstić information content (AvgIpc) is 2.49. The van der Waals surface area contributed by atoms with E-state index in [0.29, 0.717) is 11.6 Å². The molecule has 0 unspecified atom stereocenters. The van der Waals surface area contributed by atoms with Gasteiger partial charge in [0.05, 0.1) is 5.41 Å². The highest BCUT2D eigenvalue weighted by Crippen LogP contribution is 2.44. The van der Waals surface area contributed by atoms with Crippen molar-refractivity contribution in [2.75, 3.05) is 6.54 Å². The molecule has 2 aromatic carbocycles. The molecule has 1 amide bonds. The molecule has 0 heterocycles. The quantitative estimate of drug-likeness (QED) is 0.884. The minimum absolute atomic E-state index is 0.150. The lowest BCUT2D eigenvalue weighted by Crippen LogP contribution is -2.49. The lowest BCUT2D eigenvalue weighted by Gasteiger charge is -2.40. The fraction of sp³-hybridized carbons (Fsp3) is 0.316. The van der Waals surface area contributed by atoms with Crippen LogP contribution in [0.25, 0.3) is 0 Å². The van der Waals surface area contributed by atoms with E-state index in [9.17, 15) is 4.79 Å². The lowest BCUT2D eigenvalue weighted by atomic mass is 9.64. The zero-order chi connectivity index (χ0) is 15.4. The van der Waals surface area contributed by atoms with Crippen molar-refractivity contribution in [3.05, 3.63) is 70.7 Å². The number of carbonyl (C=O) groups is 1. The summed E-state index contributed by atoms with van der Waals surface area (Å²) in [5.41, 5.74) is 1.98. The van der Waals surface area contributed by atoms with Crippen molar-refractivity contribution in [3.8, 4) is 0 Å². The minimum atomic E-state index is -0.346. The number of hydrogen-bond acceptors (Lipinski definition) is 1. The molecule has 1 saturated carbocycles. The zero-order valence-corrected chi connectivity index (χ0v) is 13.3. The second kappa shape index (κ2) is 6.53. The van der Waals surface area contributed by atoms with Gasteiger partial charge < -0.3 is 5.32 Å². The maximum absolute atomic E-state index is 12.7. The Morgan fingerprint density at radius 1 is 1.05 bits per heavy atom. The third-order valence-electron chi connectivity index (χ3n) is 4.58. The fourth-order valence-corrected chi connectivity index (χ4v) is 3.21. The van der Waals surface area contributed by atoms with Crippen LogP contribution in [0.3, 0.4) is 0 Å². The Labute approximate surface area is 136 Å². The summed E-state index contributed by atoms with van der Waals surface area (Å²) in [7, 11) is 0. The average molecular weight is 314 g/mol. The predicted molar refractivity (Wildman–Crippen MR) is 90.1 cm³/mol. The molecule has 0 saturated heterocycles. The molecule has 0 aliphatic heterocycles. The van der Waals surface area contributed by atoms with E-state index in [-0.39, 0.29) is 11.3 Å². The zero-order valence-electron chi connectivity index (χ0n) is 12.5. The van der Waals surface area contributed by atoms with Crippen molar-refractivity contribution in [1.82, 2.24) is 5.32 Å². The number of hydrogen-bond donors (Lipinski definition) is 1. The van der Waals surface area contributed by atoms with Gasteiger partial charge in [-0.15, -0.1) is 0 Å². The van der Waals surface area contributed by atoms with Crippen molar-refractivity contribution in [2.45, 2.75) is 31.1 Å². The first-order valence-electron chi connectivity index (χ1n) is 7.79. The molecule has 1 fully saturated rings. The molecule has 3 heteroatoms. The Morgan fingerprint density at radius 3 is 2.32 bits per heavy atom. The van der Waals surface area contributed by atoms with E-state index in [1.807, 2.05) is 42.5 Å². The highest BCUT2D eigenvalue weighted by atomic mass is 35.5. The van der Waals surface area contributed by atoms with Crippen LogP contribution in [0.1, 0.15) is 30.4 Å². The van der Waals surface area contributed by atoms with Crippen molar-refractivity contribution in [1.29, 1.82) is 0 Å². The van der Waals surface area contributed by atoms with Crippen molar-refractivity contribution in [3.63, 3.8) is 0 Å². The van der Waals surface area contributed by atoms with E-state index in [4.69, 9.17) is 11.6 Å². The van der Waals surface area contributed by atoms with Gasteiger partial charge in [0, 0.05) is 11.6 Å². The Balaban J connectivity index is 1.63. The summed E-state index contributed by atoms with van der Waals surface area (Å²) in [5.74, 6) is 0.150. The molecule has 0 bridgehead atoms. The smallest absolute Gasteiger partial charge is 0.230 e. The van der Waals surface area contributed by atoms with Gasteiger partial charge in [0.25, 0.3) is 0 Å². The number of benzene rings is 2. The number of halogens is 1. The molecule has 1 aliphatic rings. The number of nitrogens with one attached hydrogen (secondary N) is 1. The second-order valence-electron chi connectivity index (χ2n) is 5.93. The second-order valence-corrected chi connectivity index (χ2v) is 6.37. The molecule has 22 heavy (non-hydrogen) atoms. The summed E-state index contributed by atoms with van der Waals surface area (Å²) in [5, 5.41) is 3.83. The molecule has 2 nitrogen and oxygen atoms in total. The number of carbonyl (C=O) groups excluding carboxylic acids is 1. The fourth-order valence-electron chi connectivity index (χ4n) is 3.08. The van der Waals surface area contributed by atoms with Crippen LogP contribution in [0, 0.1) is 0 Å². The van der Waals surface area contributed by atoms with Gasteiger partial charge in [0.2, 0.25) is 5.91 Å². The van der Waals surface area contributed by atoms with Crippen molar-refractivity contribution >= 4 is 17.5 Å². The van der Waals surface area contributed by atoms with E-state index < -0.39 is 0 Å². The van der Waals surface area contributed by atoms with Crippen LogP contribution >= 0.6 is 11.6 Å². The van der Waals surface area contributed by atoms with Crippen LogP contribution < -0.4 is 5.32 Å². The summed E-state index contributed by atoms with van der Waals surface area (Å²) in [4.78, 5) is 12.7. The van der Waals surface area contributed by atoms with Crippen LogP contribution in [0.2, 0.25) is 5.02 Å². The summed E-state index contributed by atoms with van der Waals surface area (Å²) in [6.07, 6.45) is 3.82. The first-order valence-corrected chi connectivity index (χ1v) is 8.17. The Morgan fingerprint density at radius 2 is 1.73 bits per heavy atom. The molecule has 0 spiro atoms. The molecule has 0 atom stereocenters. The molecular weight excluding hydrogens is 294 g/mol. The summed E-state index contributed by atoms with van der Waals surface area (Å²) in [6, 6.07) is 17.9.